The Kier molecular flexibility index (Phi) is 5.20. The number of rotatable bonds is 4. The van der Waals surface area contributed by atoms with Gasteiger partial charge in [0.05, 0.1) is 17.7 Å². The van der Waals surface area contributed by atoms with E-state index in [0.29, 0.717) is 17.2 Å². The monoisotopic (exact) mass is 314 g/mol. The molecule has 1 rings (SSSR count). The van der Waals surface area contributed by atoms with Crippen molar-refractivity contribution in [1.29, 1.82) is 0 Å². The van der Waals surface area contributed by atoms with Crippen molar-refractivity contribution in [1.82, 2.24) is 0 Å². The number of esters is 1. The SMILES string of the molecule is COC(=O)c1cc(C(C)C)cc(Br)c1OC(C)C. The van der Waals surface area contributed by atoms with E-state index in [1.165, 1.54) is 7.11 Å². The summed E-state index contributed by atoms with van der Waals surface area (Å²) in [5.41, 5.74) is 1.53. The van der Waals surface area contributed by atoms with Crippen molar-refractivity contribution in [2.24, 2.45) is 0 Å². The fraction of sp³-hybridized carbons (Fsp3) is 0.500. The maximum Gasteiger partial charge on any atom is 0.341 e. The van der Waals surface area contributed by atoms with Crippen LogP contribution in [0.5, 0.6) is 5.75 Å². The molecule has 0 aliphatic carbocycles. The molecule has 3 nitrogen and oxygen atoms in total. The first-order valence-corrected chi connectivity index (χ1v) is 6.74. The number of ether oxygens (including phenoxy) is 2. The molecule has 0 fully saturated rings. The van der Waals surface area contributed by atoms with Crippen molar-refractivity contribution in [2.45, 2.75) is 39.7 Å². The summed E-state index contributed by atoms with van der Waals surface area (Å²) < 4.78 is 11.3. The van der Waals surface area contributed by atoms with Gasteiger partial charge in [-0.25, -0.2) is 4.79 Å². The Morgan fingerprint density at radius 1 is 1.22 bits per heavy atom. The quantitative estimate of drug-likeness (QED) is 0.783. The number of methoxy groups -OCH3 is 1. The largest absolute Gasteiger partial charge is 0.489 e. The van der Waals surface area contributed by atoms with E-state index in [2.05, 4.69) is 29.8 Å². The smallest absolute Gasteiger partial charge is 0.341 e. The van der Waals surface area contributed by atoms with E-state index in [1.54, 1.807) is 0 Å². The normalized spacial score (nSPS) is 10.9. The van der Waals surface area contributed by atoms with E-state index in [0.717, 1.165) is 10.0 Å². The van der Waals surface area contributed by atoms with Crippen LogP contribution in [0, 0.1) is 0 Å². The van der Waals surface area contributed by atoms with Gasteiger partial charge >= 0.3 is 5.97 Å². The van der Waals surface area contributed by atoms with Gasteiger partial charge in [0, 0.05) is 0 Å². The number of benzene rings is 1. The highest BCUT2D eigenvalue weighted by atomic mass is 79.9. The molecule has 0 amide bonds. The van der Waals surface area contributed by atoms with Crippen LogP contribution in [0.4, 0.5) is 0 Å². The fourth-order valence-corrected chi connectivity index (χ4v) is 2.14. The molecule has 18 heavy (non-hydrogen) atoms. The van der Waals surface area contributed by atoms with Gasteiger partial charge in [-0.15, -0.1) is 0 Å². The summed E-state index contributed by atoms with van der Waals surface area (Å²) in [6.07, 6.45) is -0.00499. The number of hydrogen-bond donors (Lipinski definition) is 0. The summed E-state index contributed by atoms with van der Waals surface area (Å²) in [6, 6.07) is 3.81. The van der Waals surface area contributed by atoms with Crippen LogP contribution in [0.2, 0.25) is 0 Å². The highest BCUT2D eigenvalue weighted by Crippen LogP contribution is 2.34. The fourth-order valence-electron chi connectivity index (χ4n) is 1.56. The molecular weight excluding hydrogens is 296 g/mol. The molecule has 0 saturated carbocycles. The van der Waals surface area contributed by atoms with Crippen LogP contribution >= 0.6 is 15.9 Å². The minimum atomic E-state index is -0.381. The molecule has 4 heteroatoms. The van der Waals surface area contributed by atoms with Crippen LogP contribution < -0.4 is 4.74 Å². The van der Waals surface area contributed by atoms with Crippen LogP contribution in [-0.4, -0.2) is 19.2 Å². The van der Waals surface area contributed by atoms with E-state index in [-0.39, 0.29) is 12.1 Å². The molecule has 1 aromatic rings. The van der Waals surface area contributed by atoms with Crippen LogP contribution in [0.1, 0.15) is 49.5 Å². The van der Waals surface area contributed by atoms with Gasteiger partial charge in [-0.2, -0.15) is 0 Å². The Labute approximate surface area is 117 Å². The van der Waals surface area contributed by atoms with Crippen LogP contribution in [0.3, 0.4) is 0 Å². The van der Waals surface area contributed by atoms with Crippen LogP contribution in [0.15, 0.2) is 16.6 Å². The Morgan fingerprint density at radius 2 is 1.83 bits per heavy atom. The van der Waals surface area contributed by atoms with Gasteiger partial charge in [0.1, 0.15) is 11.3 Å². The standard InChI is InChI=1S/C14H19BrO3/c1-8(2)10-6-11(14(16)17-5)13(12(15)7-10)18-9(3)4/h6-9H,1-5H3. The summed E-state index contributed by atoms with van der Waals surface area (Å²) in [4.78, 5) is 11.8. The minimum absolute atomic E-state index is 0.00499. The van der Waals surface area contributed by atoms with Crippen molar-refractivity contribution >= 4 is 21.9 Å². The number of carbonyl (C=O) groups is 1. The van der Waals surface area contributed by atoms with Crippen molar-refractivity contribution < 1.29 is 14.3 Å². The van der Waals surface area contributed by atoms with E-state index in [4.69, 9.17) is 9.47 Å². The van der Waals surface area contributed by atoms with E-state index < -0.39 is 0 Å². The number of halogens is 1. The molecule has 0 unspecified atom stereocenters. The minimum Gasteiger partial charge on any atom is -0.489 e. The second-order valence-corrected chi connectivity index (χ2v) is 5.55. The predicted octanol–water partition coefficient (Wildman–Crippen LogP) is 4.15. The highest BCUT2D eigenvalue weighted by Gasteiger charge is 2.19. The molecule has 100 valence electrons. The number of hydrogen-bond acceptors (Lipinski definition) is 3. The zero-order valence-corrected chi connectivity index (χ0v) is 13.0. The zero-order valence-electron chi connectivity index (χ0n) is 11.4. The molecule has 0 aliphatic heterocycles. The third-order valence-electron chi connectivity index (χ3n) is 2.49. The van der Waals surface area contributed by atoms with Crippen LogP contribution in [-0.2, 0) is 4.74 Å². The van der Waals surface area contributed by atoms with Crippen molar-refractivity contribution in [3.8, 4) is 5.75 Å². The van der Waals surface area contributed by atoms with Gasteiger partial charge in [0.2, 0.25) is 0 Å². The summed E-state index contributed by atoms with van der Waals surface area (Å²) in [6.45, 7) is 7.99. The number of carbonyl (C=O) groups excluding carboxylic acids is 1. The third-order valence-corrected chi connectivity index (χ3v) is 3.08. The molecule has 0 aromatic heterocycles. The van der Waals surface area contributed by atoms with Gasteiger partial charge in [0.25, 0.3) is 0 Å². The lowest BCUT2D eigenvalue weighted by molar-refractivity contribution is 0.0594. The summed E-state index contributed by atoms with van der Waals surface area (Å²) in [5, 5.41) is 0. The second kappa shape index (κ2) is 6.23. The molecule has 0 aliphatic rings. The van der Waals surface area contributed by atoms with Gasteiger partial charge in [-0.3, -0.25) is 0 Å². The molecule has 0 N–H and O–H groups in total. The van der Waals surface area contributed by atoms with Gasteiger partial charge in [-0.1, -0.05) is 13.8 Å². The zero-order chi connectivity index (χ0) is 13.9. The molecule has 0 bridgehead atoms. The topological polar surface area (TPSA) is 35.5 Å². The first-order chi connectivity index (χ1) is 8.36. The Bertz CT molecular complexity index is 439. The molecule has 0 spiro atoms. The summed E-state index contributed by atoms with van der Waals surface area (Å²) in [5.74, 6) is 0.493. The van der Waals surface area contributed by atoms with Crippen molar-refractivity contribution in [3.63, 3.8) is 0 Å². The molecule has 0 radical (unpaired) electrons. The predicted molar refractivity (Wildman–Crippen MR) is 75.3 cm³/mol. The Balaban J connectivity index is 3.34. The molecule has 0 atom stereocenters. The van der Waals surface area contributed by atoms with Crippen molar-refractivity contribution in [3.05, 3.63) is 27.7 Å². The Morgan fingerprint density at radius 3 is 2.28 bits per heavy atom. The molecule has 0 heterocycles. The summed E-state index contributed by atoms with van der Waals surface area (Å²) in [7, 11) is 1.37. The maximum atomic E-state index is 11.8. The maximum absolute atomic E-state index is 11.8. The molecular formula is C14H19BrO3. The van der Waals surface area contributed by atoms with E-state index >= 15 is 0 Å². The van der Waals surface area contributed by atoms with Gasteiger partial charge < -0.3 is 9.47 Å². The van der Waals surface area contributed by atoms with Crippen LogP contribution in [0.25, 0.3) is 0 Å². The van der Waals surface area contributed by atoms with E-state index in [1.807, 2.05) is 26.0 Å². The van der Waals surface area contributed by atoms with Gasteiger partial charge in [0.15, 0.2) is 0 Å². The third kappa shape index (κ3) is 3.48. The van der Waals surface area contributed by atoms with E-state index in [9.17, 15) is 4.79 Å². The second-order valence-electron chi connectivity index (χ2n) is 4.69. The van der Waals surface area contributed by atoms with Crippen molar-refractivity contribution in [2.75, 3.05) is 7.11 Å². The van der Waals surface area contributed by atoms with Gasteiger partial charge in [-0.05, 0) is 53.4 Å². The summed E-state index contributed by atoms with van der Waals surface area (Å²) >= 11 is 3.46. The lowest BCUT2D eigenvalue weighted by Crippen LogP contribution is -2.12. The first-order valence-electron chi connectivity index (χ1n) is 5.95. The average Bonchev–Trinajstić information content (AvgIpc) is 2.29. The lowest BCUT2D eigenvalue weighted by Gasteiger charge is -2.17. The first kappa shape index (κ1) is 15.0. The lowest BCUT2D eigenvalue weighted by atomic mass is 10.00. The molecule has 1 aromatic carbocycles. The average molecular weight is 315 g/mol. The molecule has 0 saturated heterocycles. The highest BCUT2D eigenvalue weighted by molar-refractivity contribution is 9.10. The Hall–Kier alpha value is -1.03.